The highest BCUT2D eigenvalue weighted by Gasteiger charge is 2.23. The second-order valence-corrected chi connectivity index (χ2v) is 7.12. The lowest BCUT2D eigenvalue weighted by molar-refractivity contribution is 0.0731. The van der Waals surface area contributed by atoms with Crippen LogP contribution in [0, 0.1) is 13.8 Å². The average Bonchev–Trinajstić information content (AvgIpc) is 3.32. The first kappa shape index (κ1) is 18.1. The molecule has 2 heterocycles. The molecular formula is C19H21N3O3S. The Kier molecular flexibility index (Phi) is 5.37. The monoisotopic (exact) mass is 371 g/mol. The van der Waals surface area contributed by atoms with Crippen molar-refractivity contribution in [1.82, 2.24) is 15.0 Å². The van der Waals surface area contributed by atoms with E-state index in [0.29, 0.717) is 5.76 Å². The van der Waals surface area contributed by atoms with Gasteiger partial charge in [0.2, 0.25) is 0 Å². The van der Waals surface area contributed by atoms with Crippen LogP contribution in [0.2, 0.25) is 0 Å². The van der Waals surface area contributed by atoms with Crippen molar-refractivity contribution in [2.24, 2.45) is 0 Å². The van der Waals surface area contributed by atoms with E-state index in [0.717, 1.165) is 21.9 Å². The first-order chi connectivity index (χ1) is 12.5. The first-order valence-electron chi connectivity index (χ1n) is 8.28. The minimum Gasteiger partial charge on any atom is -0.485 e. The molecule has 26 heavy (non-hydrogen) atoms. The number of carbonyl (C=O) groups excluding carboxylic acids is 1. The molecule has 6 nitrogen and oxygen atoms in total. The number of ether oxygens (including phenoxy) is 1. The number of hydrogen-bond acceptors (Lipinski definition) is 6. The third-order valence-corrected chi connectivity index (χ3v) is 5.15. The van der Waals surface area contributed by atoms with Crippen molar-refractivity contribution in [3.05, 3.63) is 63.4 Å². The molecule has 0 saturated carbocycles. The summed E-state index contributed by atoms with van der Waals surface area (Å²) >= 11 is 1.52. The van der Waals surface area contributed by atoms with Crippen molar-refractivity contribution >= 4 is 17.2 Å². The van der Waals surface area contributed by atoms with Crippen molar-refractivity contribution in [2.75, 3.05) is 7.05 Å². The van der Waals surface area contributed by atoms with Crippen molar-refractivity contribution in [3.8, 4) is 5.75 Å². The Morgan fingerprint density at radius 2 is 2.15 bits per heavy atom. The summed E-state index contributed by atoms with van der Waals surface area (Å²) in [6.07, 6.45) is 1.73. The third kappa shape index (κ3) is 3.94. The zero-order valence-corrected chi connectivity index (χ0v) is 16.0. The van der Waals surface area contributed by atoms with Crippen LogP contribution in [-0.2, 0) is 6.61 Å². The van der Waals surface area contributed by atoms with Crippen LogP contribution in [0.3, 0.4) is 0 Å². The molecule has 0 aliphatic rings. The topological polar surface area (TPSA) is 68.5 Å². The van der Waals surface area contributed by atoms with E-state index in [-0.39, 0.29) is 24.2 Å². The van der Waals surface area contributed by atoms with Gasteiger partial charge in [-0.2, -0.15) is 0 Å². The normalized spacial score (nSPS) is 12.0. The minimum atomic E-state index is -0.213. The number of aromatic nitrogens is 2. The first-order valence-corrected chi connectivity index (χ1v) is 9.16. The summed E-state index contributed by atoms with van der Waals surface area (Å²) in [7, 11) is 1.73. The van der Waals surface area contributed by atoms with Crippen LogP contribution in [0.5, 0.6) is 5.75 Å². The van der Waals surface area contributed by atoms with E-state index in [1.54, 1.807) is 24.2 Å². The summed E-state index contributed by atoms with van der Waals surface area (Å²) < 4.78 is 11.1. The second-order valence-electron chi connectivity index (χ2n) is 6.20. The van der Waals surface area contributed by atoms with Gasteiger partial charge < -0.3 is 14.2 Å². The molecule has 1 amide bonds. The molecule has 136 valence electrons. The fraction of sp³-hybridized carbons (Fsp3) is 0.316. The Bertz CT molecular complexity index is 889. The van der Waals surface area contributed by atoms with Gasteiger partial charge in [0.05, 0.1) is 6.04 Å². The molecule has 0 aliphatic carbocycles. The molecule has 1 aromatic carbocycles. The molecule has 0 fully saturated rings. The van der Waals surface area contributed by atoms with Crippen molar-refractivity contribution in [1.29, 1.82) is 0 Å². The molecule has 0 N–H and O–H groups in total. The molecule has 3 rings (SSSR count). The smallest absolute Gasteiger partial charge is 0.276 e. The number of hydrogen-bond donors (Lipinski definition) is 0. The summed E-state index contributed by atoms with van der Waals surface area (Å²) in [5, 5.41) is 6.66. The van der Waals surface area contributed by atoms with E-state index in [1.807, 2.05) is 44.4 Å². The van der Waals surface area contributed by atoms with Crippen LogP contribution in [-0.4, -0.2) is 28.0 Å². The molecule has 0 saturated heterocycles. The lowest BCUT2D eigenvalue weighted by atomic mass is 10.1. The van der Waals surface area contributed by atoms with E-state index < -0.39 is 0 Å². The number of thiazole rings is 1. The average molecular weight is 371 g/mol. The van der Waals surface area contributed by atoms with Gasteiger partial charge in [0, 0.05) is 24.7 Å². The Labute approximate surface area is 156 Å². The zero-order valence-electron chi connectivity index (χ0n) is 15.2. The number of benzene rings is 1. The Balaban J connectivity index is 1.65. The predicted octanol–water partition coefficient (Wildman–Crippen LogP) is 4.16. The van der Waals surface area contributed by atoms with Crippen LogP contribution in [0.25, 0.3) is 0 Å². The van der Waals surface area contributed by atoms with E-state index >= 15 is 0 Å². The third-order valence-electron chi connectivity index (χ3n) is 4.20. The largest absolute Gasteiger partial charge is 0.485 e. The standard InChI is InChI=1S/C19H21N3O3S/c1-12-5-6-13(2)17(9-12)24-11-15-10-16(21-25-15)19(23)22(4)14(3)18-20-7-8-26-18/h5-10,14H,11H2,1-4H3/t14-/m0/s1. The fourth-order valence-electron chi connectivity index (χ4n) is 2.46. The molecule has 0 radical (unpaired) electrons. The van der Waals surface area contributed by atoms with Gasteiger partial charge in [-0.05, 0) is 38.0 Å². The summed E-state index contributed by atoms with van der Waals surface area (Å²) in [4.78, 5) is 18.5. The van der Waals surface area contributed by atoms with Crippen LogP contribution in [0.1, 0.15) is 45.3 Å². The summed E-state index contributed by atoms with van der Waals surface area (Å²) in [5.74, 6) is 1.09. The lowest BCUT2D eigenvalue weighted by Gasteiger charge is -2.21. The SMILES string of the molecule is Cc1ccc(C)c(OCc2cc(C(=O)N(C)[C@@H](C)c3nccs3)no2)c1. The summed E-state index contributed by atoms with van der Waals surface area (Å²) in [6.45, 7) is 6.15. The number of nitrogens with zero attached hydrogens (tertiary/aromatic N) is 3. The highest BCUT2D eigenvalue weighted by atomic mass is 32.1. The van der Waals surface area contributed by atoms with Gasteiger partial charge >= 0.3 is 0 Å². The van der Waals surface area contributed by atoms with Gasteiger partial charge in [-0.3, -0.25) is 4.79 Å². The zero-order chi connectivity index (χ0) is 18.7. The maximum Gasteiger partial charge on any atom is 0.276 e. The van der Waals surface area contributed by atoms with Gasteiger partial charge in [0.15, 0.2) is 11.5 Å². The van der Waals surface area contributed by atoms with Gasteiger partial charge in [-0.25, -0.2) is 4.98 Å². The summed E-state index contributed by atoms with van der Waals surface area (Å²) in [6, 6.07) is 7.51. The Hall–Kier alpha value is -2.67. The molecule has 3 aromatic rings. The highest BCUT2D eigenvalue weighted by molar-refractivity contribution is 7.09. The molecule has 2 aromatic heterocycles. The van der Waals surface area contributed by atoms with Crippen LogP contribution >= 0.6 is 11.3 Å². The van der Waals surface area contributed by atoms with Crippen molar-refractivity contribution < 1.29 is 14.1 Å². The summed E-state index contributed by atoms with van der Waals surface area (Å²) in [5.41, 5.74) is 2.43. The van der Waals surface area contributed by atoms with Crippen LogP contribution in [0.15, 0.2) is 40.4 Å². The number of rotatable bonds is 6. The Morgan fingerprint density at radius 1 is 1.35 bits per heavy atom. The Morgan fingerprint density at radius 3 is 2.88 bits per heavy atom. The van der Waals surface area contributed by atoms with Crippen LogP contribution in [0.4, 0.5) is 0 Å². The van der Waals surface area contributed by atoms with Crippen molar-refractivity contribution in [3.63, 3.8) is 0 Å². The maximum absolute atomic E-state index is 12.6. The van der Waals surface area contributed by atoms with Crippen molar-refractivity contribution in [2.45, 2.75) is 33.4 Å². The highest BCUT2D eigenvalue weighted by Crippen LogP contribution is 2.23. The molecule has 7 heteroatoms. The van der Waals surface area contributed by atoms with E-state index in [2.05, 4.69) is 10.1 Å². The molecule has 0 bridgehead atoms. The molecule has 1 atom stereocenters. The lowest BCUT2D eigenvalue weighted by Crippen LogP contribution is -2.29. The maximum atomic E-state index is 12.6. The molecular weight excluding hydrogens is 350 g/mol. The molecule has 0 unspecified atom stereocenters. The second kappa shape index (κ2) is 7.70. The van der Waals surface area contributed by atoms with E-state index in [9.17, 15) is 4.79 Å². The molecule has 0 spiro atoms. The van der Waals surface area contributed by atoms with Crippen LogP contribution < -0.4 is 4.74 Å². The fourth-order valence-corrected chi connectivity index (χ4v) is 3.19. The number of carbonyl (C=O) groups is 1. The minimum absolute atomic E-state index is 0.131. The number of aryl methyl sites for hydroxylation is 2. The van der Waals surface area contributed by atoms with Gasteiger partial charge in [0.25, 0.3) is 5.91 Å². The molecule has 0 aliphatic heterocycles. The van der Waals surface area contributed by atoms with Gasteiger partial charge in [-0.15, -0.1) is 11.3 Å². The predicted molar refractivity (Wildman–Crippen MR) is 99.4 cm³/mol. The van der Waals surface area contributed by atoms with Gasteiger partial charge in [-0.1, -0.05) is 17.3 Å². The van der Waals surface area contributed by atoms with Gasteiger partial charge in [0.1, 0.15) is 17.4 Å². The number of amides is 1. The quantitative estimate of drug-likeness (QED) is 0.651. The van der Waals surface area contributed by atoms with E-state index in [1.165, 1.54) is 11.3 Å². The van der Waals surface area contributed by atoms with E-state index in [4.69, 9.17) is 9.26 Å².